The molecule has 4 N–H and O–H groups in total. The lowest BCUT2D eigenvalue weighted by Crippen LogP contribution is -2.28. The molecule has 0 aliphatic carbocycles. The average molecular weight is 280 g/mol. The van der Waals surface area contributed by atoms with Crippen LogP contribution in [0.5, 0.6) is 0 Å². The number of hydrogen-bond acceptors (Lipinski definition) is 4. The molecular weight excluding hydrogens is 269 g/mol. The number of aliphatic carboxylic acids is 1. The molecule has 0 aliphatic rings. The number of aliphatic hydroxyl groups excluding tert-OH is 3. The van der Waals surface area contributed by atoms with Crippen molar-refractivity contribution < 1.29 is 38.4 Å². The highest BCUT2D eigenvalue weighted by molar-refractivity contribution is 5.73. The Morgan fingerprint density at radius 3 is 2.26 bits per heavy atom. The maximum Gasteiger partial charge on any atom is 0.416 e. The van der Waals surface area contributed by atoms with Crippen LogP contribution in [0, 0.1) is 0 Å². The number of carboxylic acids is 1. The second kappa shape index (κ2) is 5.55. The van der Waals surface area contributed by atoms with Crippen LogP contribution in [0.25, 0.3) is 0 Å². The van der Waals surface area contributed by atoms with Gasteiger partial charge in [-0.1, -0.05) is 6.07 Å². The molecule has 0 fully saturated rings. The number of halogens is 3. The Morgan fingerprint density at radius 1 is 1.26 bits per heavy atom. The first-order valence-electron chi connectivity index (χ1n) is 5.08. The highest BCUT2D eigenvalue weighted by Gasteiger charge is 2.33. The van der Waals surface area contributed by atoms with Gasteiger partial charge in [-0.25, -0.2) is 4.79 Å². The first-order valence-corrected chi connectivity index (χ1v) is 5.08. The van der Waals surface area contributed by atoms with Crippen molar-refractivity contribution in [3.05, 3.63) is 34.9 Å². The van der Waals surface area contributed by atoms with Gasteiger partial charge in [0.2, 0.25) is 0 Å². The van der Waals surface area contributed by atoms with Gasteiger partial charge >= 0.3 is 12.1 Å². The minimum Gasteiger partial charge on any atom is -0.479 e. The number of alkyl halides is 3. The van der Waals surface area contributed by atoms with Crippen LogP contribution in [0.3, 0.4) is 0 Å². The van der Waals surface area contributed by atoms with Gasteiger partial charge in [0, 0.05) is 0 Å². The maximum atomic E-state index is 12.4. The van der Waals surface area contributed by atoms with Crippen LogP contribution in [-0.4, -0.2) is 32.5 Å². The maximum absolute atomic E-state index is 12.4. The Morgan fingerprint density at radius 2 is 1.84 bits per heavy atom. The van der Waals surface area contributed by atoms with Crippen molar-refractivity contribution >= 4 is 5.97 Å². The summed E-state index contributed by atoms with van der Waals surface area (Å²) in [6.07, 6.45) is -8.75. The van der Waals surface area contributed by atoms with Gasteiger partial charge in [0.1, 0.15) is 6.10 Å². The molecule has 8 heteroatoms. The summed E-state index contributed by atoms with van der Waals surface area (Å²) in [5.74, 6) is -1.73. The second-order valence-electron chi connectivity index (χ2n) is 3.80. The molecule has 1 rings (SSSR count). The predicted octanol–water partition coefficient (Wildman–Crippen LogP) is 0.677. The van der Waals surface area contributed by atoms with E-state index in [0.717, 1.165) is 6.07 Å². The molecule has 0 spiro atoms. The summed E-state index contributed by atoms with van der Waals surface area (Å²) in [7, 11) is 0. The molecule has 0 aliphatic heterocycles. The third-order valence-electron chi connectivity index (χ3n) is 2.51. The molecule has 0 saturated carbocycles. The van der Waals surface area contributed by atoms with Gasteiger partial charge in [0.25, 0.3) is 0 Å². The monoisotopic (exact) mass is 280 g/mol. The molecule has 2 unspecified atom stereocenters. The zero-order chi connectivity index (χ0) is 14.8. The Labute approximate surface area is 105 Å². The smallest absolute Gasteiger partial charge is 0.416 e. The van der Waals surface area contributed by atoms with Gasteiger partial charge in [-0.15, -0.1) is 0 Å². The minimum atomic E-state index is -4.63. The standard InChI is InChI=1S/C11H11F3O5/c12-11(13,14)6-1-2-7(5(3-6)4-15)8(16)9(17)10(18)19/h1-3,8-9,15-17H,4H2,(H,18,19). The van der Waals surface area contributed by atoms with Crippen molar-refractivity contribution in [2.45, 2.75) is 25.0 Å². The molecular formula is C11H11F3O5. The van der Waals surface area contributed by atoms with E-state index in [1.807, 2.05) is 0 Å². The minimum absolute atomic E-state index is 0.273. The highest BCUT2D eigenvalue weighted by atomic mass is 19.4. The molecule has 19 heavy (non-hydrogen) atoms. The van der Waals surface area contributed by atoms with Crippen LogP contribution in [0.2, 0.25) is 0 Å². The molecule has 0 amide bonds. The van der Waals surface area contributed by atoms with E-state index in [2.05, 4.69) is 0 Å². The lowest BCUT2D eigenvalue weighted by Gasteiger charge is -2.18. The lowest BCUT2D eigenvalue weighted by atomic mass is 9.96. The van der Waals surface area contributed by atoms with E-state index in [1.165, 1.54) is 0 Å². The number of rotatable bonds is 4. The van der Waals surface area contributed by atoms with Crippen LogP contribution in [0.4, 0.5) is 13.2 Å². The van der Waals surface area contributed by atoms with Crippen LogP contribution >= 0.6 is 0 Å². The molecule has 0 radical (unpaired) electrons. The Bertz CT molecular complexity index is 472. The number of hydrogen-bond donors (Lipinski definition) is 4. The first kappa shape index (κ1) is 15.4. The zero-order valence-corrected chi connectivity index (χ0v) is 9.42. The van der Waals surface area contributed by atoms with E-state index in [1.54, 1.807) is 0 Å². The number of carbonyl (C=O) groups is 1. The molecule has 0 bridgehead atoms. The topological polar surface area (TPSA) is 98.0 Å². The van der Waals surface area contributed by atoms with Crippen LogP contribution in [0.15, 0.2) is 18.2 Å². The number of benzene rings is 1. The summed E-state index contributed by atoms with van der Waals surface area (Å²) in [4.78, 5) is 10.5. The summed E-state index contributed by atoms with van der Waals surface area (Å²) < 4.78 is 37.3. The fourth-order valence-corrected chi connectivity index (χ4v) is 1.51. The molecule has 1 aromatic carbocycles. The van der Waals surface area contributed by atoms with Crippen molar-refractivity contribution in [1.82, 2.24) is 0 Å². The van der Waals surface area contributed by atoms with Crippen LogP contribution in [-0.2, 0) is 17.6 Å². The summed E-state index contributed by atoms with van der Waals surface area (Å²) >= 11 is 0. The molecule has 2 atom stereocenters. The molecule has 5 nitrogen and oxygen atoms in total. The highest BCUT2D eigenvalue weighted by Crippen LogP contribution is 2.32. The Kier molecular flexibility index (Phi) is 4.51. The third-order valence-corrected chi connectivity index (χ3v) is 2.51. The van der Waals surface area contributed by atoms with E-state index in [9.17, 15) is 23.1 Å². The van der Waals surface area contributed by atoms with Crippen molar-refractivity contribution in [2.24, 2.45) is 0 Å². The second-order valence-corrected chi connectivity index (χ2v) is 3.80. The van der Waals surface area contributed by atoms with Crippen molar-refractivity contribution in [3.8, 4) is 0 Å². The van der Waals surface area contributed by atoms with Gasteiger partial charge in [-0.05, 0) is 23.3 Å². The summed E-state index contributed by atoms with van der Waals surface area (Å²) in [6, 6.07) is 2.05. The van der Waals surface area contributed by atoms with Gasteiger partial charge in [0.05, 0.1) is 12.2 Å². The van der Waals surface area contributed by atoms with Gasteiger partial charge in [0.15, 0.2) is 6.10 Å². The van der Waals surface area contributed by atoms with E-state index in [-0.39, 0.29) is 11.1 Å². The molecule has 106 valence electrons. The lowest BCUT2D eigenvalue weighted by molar-refractivity contribution is -0.153. The fourth-order valence-electron chi connectivity index (χ4n) is 1.51. The van der Waals surface area contributed by atoms with Gasteiger partial charge < -0.3 is 20.4 Å². The van der Waals surface area contributed by atoms with E-state index in [4.69, 9.17) is 15.3 Å². The normalized spacial score (nSPS) is 15.1. The molecule has 0 aromatic heterocycles. The summed E-state index contributed by atoms with van der Waals surface area (Å²) in [6.45, 7) is -0.831. The van der Waals surface area contributed by atoms with Gasteiger partial charge in [-0.2, -0.15) is 13.2 Å². The molecule has 0 saturated heterocycles. The van der Waals surface area contributed by atoms with Crippen LogP contribution < -0.4 is 0 Å². The third kappa shape index (κ3) is 3.43. The molecule has 0 heterocycles. The van der Waals surface area contributed by atoms with Crippen LogP contribution in [0.1, 0.15) is 22.8 Å². The van der Waals surface area contributed by atoms with Crippen molar-refractivity contribution in [1.29, 1.82) is 0 Å². The summed E-state index contributed by atoms with van der Waals surface area (Å²) in [5, 5.41) is 36.2. The SMILES string of the molecule is O=C(O)C(O)C(O)c1ccc(C(F)(F)F)cc1CO. The quantitative estimate of drug-likeness (QED) is 0.650. The first-order chi connectivity index (χ1) is 8.68. The van der Waals surface area contributed by atoms with Crippen molar-refractivity contribution in [2.75, 3.05) is 0 Å². The predicted molar refractivity (Wildman–Crippen MR) is 56.0 cm³/mol. The average Bonchev–Trinajstić information content (AvgIpc) is 2.34. The number of carboxylic acid groups (broad SMARTS) is 1. The van der Waals surface area contributed by atoms with Crippen molar-refractivity contribution in [3.63, 3.8) is 0 Å². The van der Waals surface area contributed by atoms with E-state index >= 15 is 0 Å². The summed E-state index contributed by atoms with van der Waals surface area (Å²) in [5.41, 5.74) is -1.62. The fraction of sp³-hybridized carbons (Fsp3) is 0.364. The Hall–Kier alpha value is -1.64. The van der Waals surface area contributed by atoms with E-state index < -0.39 is 36.5 Å². The zero-order valence-electron chi connectivity index (χ0n) is 9.42. The largest absolute Gasteiger partial charge is 0.479 e. The Balaban J connectivity index is 3.20. The van der Waals surface area contributed by atoms with E-state index in [0.29, 0.717) is 12.1 Å². The molecule has 1 aromatic rings. The van der Waals surface area contributed by atoms with Gasteiger partial charge in [-0.3, -0.25) is 0 Å². The number of aliphatic hydroxyl groups is 3.